The highest BCUT2D eigenvalue weighted by molar-refractivity contribution is 5.79. The lowest BCUT2D eigenvalue weighted by molar-refractivity contribution is 0.145. The van der Waals surface area contributed by atoms with Crippen LogP contribution in [0.5, 0.6) is 0 Å². The van der Waals surface area contributed by atoms with Crippen LogP contribution in [-0.4, -0.2) is 47.0 Å². The molecule has 1 unspecified atom stereocenters. The van der Waals surface area contributed by atoms with Crippen molar-refractivity contribution in [3.05, 3.63) is 83.4 Å². The summed E-state index contributed by atoms with van der Waals surface area (Å²) in [6, 6.07) is 21.3. The first-order valence-electron chi connectivity index (χ1n) is 11.7. The molecule has 7 heteroatoms. The first-order chi connectivity index (χ1) is 16.2. The van der Waals surface area contributed by atoms with Crippen LogP contribution in [0.4, 0.5) is 0 Å². The van der Waals surface area contributed by atoms with Gasteiger partial charge in [0, 0.05) is 39.3 Å². The number of aromatic nitrogens is 3. The Kier molecular flexibility index (Phi) is 9.91. The molecule has 0 amide bonds. The summed E-state index contributed by atoms with van der Waals surface area (Å²) in [5.74, 6) is 2.82. The van der Waals surface area contributed by atoms with E-state index in [1.54, 1.807) is 0 Å². The zero-order chi connectivity index (χ0) is 23.3. The standard InChI is InChI=1S/C26H36N6O/c1-4-33-17-11-16-27-26(29-20-25-31-30-21(2)32(25)3)28-19-24(23-14-9-6-10-15-23)18-22-12-7-5-8-13-22/h5-10,12-15,24H,4,11,16-20H2,1-3H3,(H2,27,28,29). The van der Waals surface area contributed by atoms with Crippen molar-refractivity contribution < 1.29 is 4.74 Å². The maximum absolute atomic E-state index is 5.46. The Balaban J connectivity index is 1.69. The minimum Gasteiger partial charge on any atom is -0.382 e. The van der Waals surface area contributed by atoms with Gasteiger partial charge in [0.25, 0.3) is 0 Å². The van der Waals surface area contributed by atoms with Gasteiger partial charge in [-0.05, 0) is 37.8 Å². The van der Waals surface area contributed by atoms with E-state index in [2.05, 4.69) is 81.5 Å². The number of guanidine groups is 1. The smallest absolute Gasteiger partial charge is 0.191 e. The number of ether oxygens (including phenoxy) is 1. The van der Waals surface area contributed by atoms with Crippen LogP contribution < -0.4 is 10.6 Å². The van der Waals surface area contributed by atoms with E-state index < -0.39 is 0 Å². The van der Waals surface area contributed by atoms with E-state index in [4.69, 9.17) is 9.73 Å². The van der Waals surface area contributed by atoms with Crippen LogP contribution in [0.15, 0.2) is 65.7 Å². The summed E-state index contributed by atoms with van der Waals surface area (Å²) in [5.41, 5.74) is 2.64. The molecule has 1 atom stereocenters. The number of benzene rings is 2. The minimum absolute atomic E-state index is 0.320. The monoisotopic (exact) mass is 448 g/mol. The Morgan fingerprint density at radius 2 is 1.76 bits per heavy atom. The molecule has 7 nitrogen and oxygen atoms in total. The van der Waals surface area contributed by atoms with Crippen LogP contribution in [0.1, 0.15) is 42.0 Å². The molecular formula is C26H36N6O. The van der Waals surface area contributed by atoms with Crippen molar-refractivity contribution >= 4 is 5.96 Å². The van der Waals surface area contributed by atoms with Crippen molar-refractivity contribution in [2.75, 3.05) is 26.3 Å². The summed E-state index contributed by atoms with van der Waals surface area (Å²) in [5, 5.41) is 15.4. The number of aliphatic imine (C=N–C) groups is 1. The number of rotatable bonds is 12. The van der Waals surface area contributed by atoms with Gasteiger partial charge in [-0.3, -0.25) is 0 Å². The number of aryl methyl sites for hydroxylation is 1. The summed E-state index contributed by atoms with van der Waals surface area (Å²) in [6.45, 7) is 7.46. The Morgan fingerprint density at radius 3 is 2.42 bits per heavy atom. The van der Waals surface area contributed by atoms with Crippen LogP contribution in [-0.2, 0) is 24.8 Å². The first kappa shape index (κ1) is 24.5. The van der Waals surface area contributed by atoms with Crippen molar-refractivity contribution in [1.29, 1.82) is 0 Å². The van der Waals surface area contributed by atoms with Crippen LogP contribution in [0.3, 0.4) is 0 Å². The summed E-state index contributed by atoms with van der Waals surface area (Å²) in [4.78, 5) is 4.79. The third kappa shape index (κ3) is 8.02. The minimum atomic E-state index is 0.320. The largest absolute Gasteiger partial charge is 0.382 e. The fraction of sp³-hybridized carbons (Fsp3) is 0.423. The molecule has 3 rings (SSSR count). The topological polar surface area (TPSA) is 76.4 Å². The number of nitrogens with zero attached hydrogens (tertiary/aromatic N) is 4. The predicted molar refractivity (Wildman–Crippen MR) is 133 cm³/mol. The van der Waals surface area contributed by atoms with Crippen molar-refractivity contribution in [3.8, 4) is 0 Å². The Morgan fingerprint density at radius 1 is 1.03 bits per heavy atom. The number of nitrogens with one attached hydrogen (secondary N) is 2. The molecule has 0 aliphatic carbocycles. The van der Waals surface area contributed by atoms with Crippen molar-refractivity contribution in [2.24, 2.45) is 12.0 Å². The SMILES string of the molecule is CCOCCCNC(=NCc1nnc(C)n1C)NCC(Cc1ccccc1)c1ccccc1. The van der Waals surface area contributed by atoms with Gasteiger partial charge < -0.3 is 19.9 Å². The van der Waals surface area contributed by atoms with Crippen molar-refractivity contribution in [2.45, 2.75) is 39.2 Å². The maximum atomic E-state index is 5.46. The van der Waals surface area contributed by atoms with Gasteiger partial charge in [0.15, 0.2) is 11.8 Å². The van der Waals surface area contributed by atoms with Crippen LogP contribution in [0.25, 0.3) is 0 Å². The van der Waals surface area contributed by atoms with Crippen LogP contribution in [0, 0.1) is 6.92 Å². The highest BCUT2D eigenvalue weighted by Crippen LogP contribution is 2.20. The molecule has 0 aliphatic rings. The predicted octanol–water partition coefficient (Wildman–Crippen LogP) is 3.61. The molecule has 0 fully saturated rings. The summed E-state index contributed by atoms with van der Waals surface area (Å²) in [7, 11) is 1.97. The lowest BCUT2D eigenvalue weighted by atomic mass is 9.92. The van der Waals surface area contributed by atoms with Gasteiger partial charge in [0.2, 0.25) is 0 Å². The molecule has 176 valence electrons. The quantitative estimate of drug-likeness (QED) is 0.251. The second-order valence-electron chi connectivity index (χ2n) is 8.04. The molecule has 0 saturated carbocycles. The second-order valence-corrected chi connectivity index (χ2v) is 8.04. The maximum Gasteiger partial charge on any atom is 0.191 e. The lowest BCUT2D eigenvalue weighted by Gasteiger charge is -2.20. The summed E-state index contributed by atoms with van der Waals surface area (Å²) in [6.07, 6.45) is 1.88. The zero-order valence-corrected chi connectivity index (χ0v) is 20.0. The van der Waals surface area contributed by atoms with Crippen molar-refractivity contribution in [1.82, 2.24) is 25.4 Å². The van der Waals surface area contributed by atoms with Gasteiger partial charge in [-0.1, -0.05) is 60.7 Å². The van der Waals surface area contributed by atoms with Gasteiger partial charge in [0.1, 0.15) is 12.4 Å². The van der Waals surface area contributed by atoms with Gasteiger partial charge in [-0.2, -0.15) is 0 Å². The Hall–Kier alpha value is -3.19. The highest BCUT2D eigenvalue weighted by atomic mass is 16.5. The van der Waals surface area contributed by atoms with E-state index >= 15 is 0 Å². The summed E-state index contributed by atoms with van der Waals surface area (Å²) < 4.78 is 7.43. The molecule has 0 spiro atoms. The highest BCUT2D eigenvalue weighted by Gasteiger charge is 2.14. The van der Waals surface area contributed by atoms with E-state index in [-0.39, 0.29) is 0 Å². The average Bonchev–Trinajstić information content (AvgIpc) is 3.17. The fourth-order valence-electron chi connectivity index (χ4n) is 3.59. The normalized spacial score (nSPS) is 12.5. The molecule has 0 bridgehead atoms. The molecule has 2 aromatic carbocycles. The molecule has 0 aliphatic heterocycles. The first-order valence-corrected chi connectivity index (χ1v) is 11.7. The fourth-order valence-corrected chi connectivity index (χ4v) is 3.59. The molecule has 3 aromatic rings. The number of hydrogen-bond donors (Lipinski definition) is 2. The third-order valence-electron chi connectivity index (χ3n) is 5.64. The van der Waals surface area contributed by atoms with E-state index in [0.717, 1.165) is 56.8 Å². The van der Waals surface area contributed by atoms with E-state index in [1.807, 2.05) is 25.5 Å². The van der Waals surface area contributed by atoms with E-state index in [1.165, 1.54) is 11.1 Å². The second kappa shape index (κ2) is 13.4. The number of hydrogen-bond acceptors (Lipinski definition) is 4. The van der Waals surface area contributed by atoms with Crippen LogP contribution in [0.2, 0.25) is 0 Å². The third-order valence-corrected chi connectivity index (χ3v) is 5.64. The Labute approximate surface area is 197 Å². The Bertz CT molecular complexity index is 971. The average molecular weight is 449 g/mol. The van der Waals surface area contributed by atoms with Crippen molar-refractivity contribution in [3.63, 3.8) is 0 Å². The zero-order valence-electron chi connectivity index (χ0n) is 20.0. The molecule has 1 aromatic heterocycles. The molecule has 2 N–H and O–H groups in total. The molecular weight excluding hydrogens is 412 g/mol. The van der Waals surface area contributed by atoms with E-state index in [0.29, 0.717) is 12.5 Å². The molecule has 33 heavy (non-hydrogen) atoms. The van der Waals surface area contributed by atoms with Gasteiger partial charge in [0.05, 0.1) is 0 Å². The molecule has 0 radical (unpaired) electrons. The molecule has 0 saturated heterocycles. The van der Waals surface area contributed by atoms with Gasteiger partial charge >= 0.3 is 0 Å². The van der Waals surface area contributed by atoms with Gasteiger partial charge in [-0.25, -0.2) is 4.99 Å². The lowest BCUT2D eigenvalue weighted by Crippen LogP contribution is -2.40. The van der Waals surface area contributed by atoms with Crippen LogP contribution >= 0.6 is 0 Å². The molecule has 1 heterocycles. The van der Waals surface area contributed by atoms with Gasteiger partial charge in [-0.15, -0.1) is 10.2 Å². The van der Waals surface area contributed by atoms with E-state index in [9.17, 15) is 0 Å². The summed E-state index contributed by atoms with van der Waals surface area (Å²) >= 11 is 0.